The number of ether oxygens (including phenoxy) is 1. The number of aromatic nitrogens is 3. The molecule has 1 aliphatic rings. The summed E-state index contributed by atoms with van der Waals surface area (Å²) < 4.78 is 8.21. The van der Waals surface area contributed by atoms with E-state index in [0.29, 0.717) is 0 Å². The summed E-state index contributed by atoms with van der Waals surface area (Å²) in [4.78, 5) is 11.4. The molecule has 0 N–H and O–H groups in total. The normalized spacial score (nSPS) is 18.1. The summed E-state index contributed by atoms with van der Waals surface area (Å²) in [6.07, 6.45) is 5.75. The summed E-state index contributed by atoms with van der Waals surface area (Å²) in [5.41, 5.74) is 5.54. The molecule has 0 radical (unpaired) electrons. The van der Waals surface area contributed by atoms with Gasteiger partial charge >= 0.3 is 0 Å². The Morgan fingerprint density at radius 2 is 2.07 bits per heavy atom. The molecule has 1 saturated heterocycles. The van der Waals surface area contributed by atoms with Crippen LogP contribution in [0, 0.1) is 0 Å². The van der Waals surface area contributed by atoms with Crippen LogP contribution in [0.25, 0.3) is 16.9 Å². The summed E-state index contributed by atoms with van der Waals surface area (Å²) >= 11 is 1.75. The van der Waals surface area contributed by atoms with Crippen LogP contribution in [0.5, 0.6) is 0 Å². The second-order valence-electron chi connectivity index (χ2n) is 6.77. The molecule has 0 amide bonds. The maximum Gasteiger partial charge on any atom is 0.137 e. The van der Waals surface area contributed by atoms with Gasteiger partial charge in [0.1, 0.15) is 11.8 Å². The van der Waals surface area contributed by atoms with Gasteiger partial charge in [0.15, 0.2) is 0 Å². The van der Waals surface area contributed by atoms with Crippen LogP contribution in [0.1, 0.15) is 17.4 Å². The molecule has 136 valence electrons. The zero-order valence-corrected chi connectivity index (χ0v) is 15.7. The molecule has 5 nitrogen and oxygen atoms in total. The van der Waals surface area contributed by atoms with Crippen molar-refractivity contribution in [2.75, 3.05) is 19.7 Å². The molecule has 27 heavy (non-hydrogen) atoms. The van der Waals surface area contributed by atoms with E-state index in [4.69, 9.17) is 9.72 Å². The lowest BCUT2D eigenvalue weighted by Crippen LogP contribution is -2.37. The fourth-order valence-electron chi connectivity index (χ4n) is 3.61. The van der Waals surface area contributed by atoms with E-state index in [-0.39, 0.29) is 6.10 Å². The largest absolute Gasteiger partial charge is 0.369 e. The topological polar surface area (TPSA) is 42.7 Å². The third-order valence-electron chi connectivity index (χ3n) is 4.95. The maximum absolute atomic E-state index is 6.06. The standard InChI is InChI=1S/C21H20N4OS/c1-2-19(17-4-7-22-8-5-17)25-13-18(23-21(25)3-1)20-14-24(9-10-26-20)12-16-6-11-27-15-16/h1-8,11,13,15,20H,9-10,12,14H2/t20-/m1/s1. The van der Waals surface area contributed by atoms with Gasteiger partial charge in [-0.2, -0.15) is 11.3 Å². The zero-order valence-electron chi connectivity index (χ0n) is 14.9. The van der Waals surface area contributed by atoms with Crippen LogP contribution in [0.15, 0.2) is 65.7 Å². The van der Waals surface area contributed by atoms with Gasteiger partial charge < -0.3 is 4.74 Å². The van der Waals surface area contributed by atoms with Crippen molar-refractivity contribution in [3.8, 4) is 11.3 Å². The number of pyridine rings is 2. The second-order valence-corrected chi connectivity index (χ2v) is 7.55. The molecule has 0 saturated carbocycles. The summed E-state index contributed by atoms with van der Waals surface area (Å²) in [6, 6.07) is 12.4. The van der Waals surface area contributed by atoms with Gasteiger partial charge in [-0.1, -0.05) is 6.07 Å². The quantitative estimate of drug-likeness (QED) is 0.539. The van der Waals surface area contributed by atoms with E-state index in [1.54, 1.807) is 11.3 Å². The van der Waals surface area contributed by atoms with Gasteiger partial charge in [-0.05, 0) is 46.7 Å². The average molecular weight is 376 g/mol. The van der Waals surface area contributed by atoms with E-state index in [1.165, 1.54) is 5.56 Å². The summed E-state index contributed by atoms with van der Waals surface area (Å²) in [6.45, 7) is 3.53. The van der Waals surface area contributed by atoms with Gasteiger partial charge in [-0.3, -0.25) is 14.3 Å². The zero-order chi connectivity index (χ0) is 18.1. The van der Waals surface area contributed by atoms with Gasteiger partial charge in [-0.25, -0.2) is 4.98 Å². The number of rotatable bonds is 4. The van der Waals surface area contributed by atoms with Gasteiger partial charge in [0, 0.05) is 43.8 Å². The first-order valence-corrected chi connectivity index (χ1v) is 10.0. The fraction of sp³-hybridized carbons (Fsp3) is 0.238. The number of morpholine rings is 1. The monoisotopic (exact) mass is 376 g/mol. The third kappa shape index (κ3) is 3.39. The predicted molar refractivity (Wildman–Crippen MR) is 107 cm³/mol. The van der Waals surface area contributed by atoms with Crippen LogP contribution in [0.3, 0.4) is 0 Å². The first-order valence-electron chi connectivity index (χ1n) is 9.10. The molecular weight excluding hydrogens is 356 g/mol. The van der Waals surface area contributed by atoms with Gasteiger partial charge in [-0.15, -0.1) is 0 Å². The summed E-state index contributed by atoms with van der Waals surface area (Å²) in [7, 11) is 0. The highest BCUT2D eigenvalue weighted by Gasteiger charge is 2.24. The Bertz CT molecular complexity index is 1030. The number of imidazole rings is 1. The number of fused-ring (bicyclic) bond motifs is 1. The van der Waals surface area contributed by atoms with Crippen molar-refractivity contribution in [3.05, 3.63) is 77.0 Å². The van der Waals surface area contributed by atoms with Crippen LogP contribution in [-0.2, 0) is 11.3 Å². The highest BCUT2D eigenvalue weighted by Crippen LogP contribution is 2.26. The molecule has 0 bridgehead atoms. The van der Waals surface area contributed by atoms with E-state index in [1.807, 2.05) is 36.7 Å². The molecule has 4 aromatic rings. The van der Waals surface area contributed by atoms with Crippen molar-refractivity contribution >= 4 is 17.0 Å². The lowest BCUT2D eigenvalue weighted by molar-refractivity contribution is -0.0347. The van der Waals surface area contributed by atoms with E-state index >= 15 is 0 Å². The Labute approximate surface area is 161 Å². The SMILES string of the molecule is c1cc(-c2ccncc2)n2cc([C@H]3CN(Cc4ccsc4)CCO3)nc2c1. The Kier molecular flexibility index (Phi) is 4.45. The molecule has 0 aliphatic carbocycles. The molecule has 5 heterocycles. The van der Waals surface area contributed by atoms with E-state index in [9.17, 15) is 0 Å². The molecule has 0 unspecified atom stereocenters. The van der Waals surface area contributed by atoms with Crippen molar-refractivity contribution < 1.29 is 4.74 Å². The highest BCUT2D eigenvalue weighted by atomic mass is 32.1. The lowest BCUT2D eigenvalue weighted by atomic mass is 10.2. The van der Waals surface area contributed by atoms with E-state index in [0.717, 1.165) is 48.8 Å². The number of thiophene rings is 1. The molecule has 1 aliphatic heterocycles. The van der Waals surface area contributed by atoms with Gasteiger partial charge in [0.2, 0.25) is 0 Å². The minimum Gasteiger partial charge on any atom is -0.369 e. The molecule has 0 spiro atoms. The van der Waals surface area contributed by atoms with Crippen molar-refractivity contribution in [3.63, 3.8) is 0 Å². The molecular formula is C21H20N4OS. The van der Waals surface area contributed by atoms with Crippen molar-refractivity contribution in [2.24, 2.45) is 0 Å². The van der Waals surface area contributed by atoms with Gasteiger partial charge in [0.25, 0.3) is 0 Å². The van der Waals surface area contributed by atoms with Crippen molar-refractivity contribution in [1.29, 1.82) is 0 Å². The Morgan fingerprint density at radius 3 is 2.93 bits per heavy atom. The Balaban J connectivity index is 1.43. The number of hydrogen-bond acceptors (Lipinski definition) is 5. The smallest absolute Gasteiger partial charge is 0.137 e. The first-order chi connectivity index (χ1) is 13.4. The fourth-order valence-corrected chi connectivity index (χ4v) is 4.27. The average Bonchev–Trinajstić information content (AvgIpc) is 3.38. The molecule has 1 atom stereocenters. The Morgan fingerprint density at radius 1 is 1.15 bits per heavy atom. The molecule has 1 fully saturated rings. The van der Waals surface area contributed by atoms with Crippen LogP contribution in [-0.4, -0.2) is 39.0 Å². The Hall–Kier alpha value is -2.54. The van der Waals surface area contributed by atoms with Crippen LogP contribution >= 0.6 is 11.3 Å². The van der Waals surface area contributed by atoms with Crippen molar-refractivity contribution in [1.82, 2.24) is 19.3 Å². The molecule has 6 heteroatoms. The predicted octanol–water partition coefficient (Wildman–Crippen LogP) is 4.03. The minimum atomic E-state index is 0.00238. The molecule has 5 rings (SSSR count). The van der Waals surface area contributed by atoms with E-state index in [2.05, 4.69) is 43.4 Å². The number of hydrogen-bond donors (Lipinski definition) is 0. The summed E-state index contributed by atoms with van der Waals surface area (Å²) in [5, 5.41) is 4.35. The molecule has 4 aromatic heterocycles. The maximum atomic E-state index is 6.06. The van der Waals surface area contributed by atoms with Crippen LogP contribution < -0.4 is 0 Å². The van der Waals surface area contributed by atoms with E-state index < -0.39 is 0 Å². The minimum absolute atomic E-state index is 0.00238. The third-order valence-corrected chi connectivity index (χ3v) is 5.69. The first kappa shape index (κ1) is 16.6. The highest BCUT2D eigenvalue weighted by molar-refractivity contribution is 7.07. The molecule has 0 aromatic carbocycles. The van der Waals surface area contributed by atoms with Crippen LogP contribution in [0.2, 0.25) is 0 Å². The summed E-state index contributed by atoms with van der Waals surface area (Å²) in [5.74, 6) is 0. The lowest BCUT2D eigenvalue weighted by Gasteiger charge is -2.31. The number of nitrogens with zero attached hydrogens (tertiary/aromatic N) is 4. The van der Waals surface area contributed by atoms with Crippen molar-refractivity contribution in [2.45, 2.75) is 12.6 Å². The van der Waals surface area contributed by atoms with Gasteiger partial charge in [0.05, 0.1) is 18.0 Å². The second kappa shape index (κ2) is 7.23. The van der Waals surface area contributed by atoms with Crippen LogP contribution in [0.4, 0.5) is 0 Å².